The molecule has 1 atom stereocenters. The van der Waals surface area contributed by atoms with Crippen molar-refractivity contribution in [2.75, 3.05) is 12.3 Å². The maximum atomic E-state index is 11.2. The van der Waals surface area contributed by atoms with Gasteiger partial charge in [0.2, 0.25) is 5.91 Å². The van der Waals surface area contributed by atoms with Crippen LogP contribution < -0.4 is 0 Å². The highest BCUT2D eigenvalue weighted by Crippen LogP contribution is 2.43. The van der Waals surface area contributed by atoms with Gasteiger partial charge in [-0.3, -0.25) is 4.79 Å². The number of carbonyl (C=O) groups is 1. The number of fused-ring (bicyclic) bond motifs is 1. The van der Waals surface area contributed by atoms with E-state index in [1.165, 1.54) is 0 Å². The van der Waals surface area contributed by atoms with E-state index in [0.29, 0.717) is 5.91 Å². The van der Waals surface area contributed by atoms with Crippen molar-refractivity contribution in [2.45, 2.75) is 24.6 Å². The number of hydrogen-bond donors (Lipinski definition) is 0. The molecule has 0 radical (unpaired) electrons. The van der Waals surface area contributed by atoms with Gasteiger partial charge in [0.1, 0.15) is 0 Å². The molecule has 0 bridgehead atoms. The highest BCUT2D eigenvalue weighted by molar-refractivity contribution is 8.00. The lowest BCUT2D eigenvalue weighted by Gasteiger charge is -2.25. The van der Waals surface area contributed by atoms with Crippen LogP contribution in [0.3, 0.4) is 0 Å². The van der Waals surface area contributed by atoms with E-state index in [0.717, 1.165) is 25.1 Å². The molecule has 0 spiro atoms. The minimum atomic E-state index is 0.178. The molecule has 2 aliphatic heterocycles. The highest BCUT2D eigenvalue weighted by atomic mass is 32.2. The van der Waals surface area contributed by atoms with Crippen LogP contribution in [0.4, 0.5) is 0 Å². The molecule has 2 fully saturated rings. The van der Waals surface area contributed by atoms with E-state index in [1.807, 2.05) is 16.7 Å². The molecule has 2 heterocycles. The predicted octanol–water partition coefficient (Wildman–Crippen LogP) is 1.07. The van der Waals surface area contributed by atoms with Crippen molar-refractivity contribution in [3.8, 4) is 0 Å². The summed E-state index contributed by atoms with van der Waals surface area (Å²) >= 11 is 1.92. The van der Waals surface area contributed by atoms with Crippen LogP contribution in [0.25, 0.3) is 0 Å². The molecule has 2 rings (SSSR count). The van der Waals surface area contributed by atoms with E-state index in [-0.39, 0.29) is 4.87 Å². The molecule has 3 heteroatoms. The van der Waals surface area contributed by atoms with Crippen LogP contribution in [0.15, 0.2) is 0 Å². The lowest BCUT2D eigenvalue weighted by molar-refractivity contribution is -0.128. The van der Waals surface area contributed by atoms with Crippen molar-refractivity contribution < 1.29 is 4.79 Å². The van der Waals surface area contributed by atoms with Gasteiger partial charge in [-0.05, 0) is 13.3 Å². The lowest BCUT2D eigenvalue weighted by Crippen LogP contribution is -2.35. The van der Waals surface area contributed by atoms with Crippen LogP contribution in [0.2, 0.25) is 0 Å². The van der Waals surface area contributed by atoms with Crippen LogP contribution in [-0.4, -0.2) is 28.0 Å². The fraction of sp³-hybridized carbons (Fsp3) is 0.857. The van der Waals surface area contributed by atoms with Crippen molar-refractivity contribution in [3.63, 3.8) is 0 Å². The van der Waals surface area contributed by atoms with Gasteiger partial charge in [-0.25, -0.2) is 0 Å². The predicted molar refractivity (Wildman–Crippen MR) is 41.8 cm³/mol. The summed E-state index contributed by atoms with van der Waals surface area (Å²) < 4.78 is 0. The second kappa shape index (κ2) is 1.91. The van der Waals surface area contributed by atoms with Crippen molar-refractivity contribution in [3.05, 3.63) is 0 Å². The summed E-state index contributed by atoms with van der Waals surface area (Å²) in [6.45, 7) is 3.15. The van der Waals surface area contributed by atoms with Gasteiger partial charge in [0.05, 0.1) is 4.87 Å². The summed E-state index contributed by atoms with van der Waals surface area (Å²) in [7, 11) is 0. The minimum absolute atomic E-state index is 0.178. The summed E-state index contributed by atoms with van der Waals surface area (Å²) in [5.74, 6) is 1.48. The Morgan fingerprint density at radius 1 is 1.70 bits per heavy atom. The first-order chi connectivity index (χ1) is 4.72. The van der Waals surface area contributed by atoms with E-state index >= 15 is 0 Å². The molecule has 2 aliphatic rings. The molecule has 0 aliphatic carbocycles. The van der Waals surface area contributed by atoms with Gasteiger partial charge in [-0.1, -0.05) is 0 Å². The molecule has 0 aromatic heterocycles. The number of amides is 1. The monoisotopic (exact) mass is 157 g/mol. The third-order valence-corrected chi connectivity index (χ3v) is 3.84. The fourth-order valence-corrected chi connectivity index (χ4v) is 3.05. The Balaban J connectivity index is 2.27. The first-order valence-corrected chi connectivity index (χ1v) is 4.65. The Labute approximate surface area is 65.0 Å². The van der Waals surface area contributed by atoms with Gasteiger partial charge in [0.15, 0.2) is 0 Å². The molecule has 0 saturated carbocycles. The topological polar surface area (TPSA) is 20.3 Å². The van der Waals surface area contributed by atoms with E-state index in [1.54, 1.807) is 0 Å². The molecular formula is C7H11NOS. The Hall–Kier alpha value is -0.180. The van der Waals surface area contributed by atoms with Crippen molar-refractivity contribution in [2.24, 2.45) is 0 Å². The molecule has 1 unspecified atom stereocenters. The minimum Gasteiger partial charge on any atom is -0.327 e. The molecule has 2 nitrogen and oxygen atoms in total. The Morgan fingerprint density at radius 2 is 2.50 bits per heavy atom. The van der Waals surface area contributed by atoms with Crippen molar-refractivity contribution >= 4 is 17.7 Å². The molecule has 0 N–H and O–H groups in total. The van der Waals surface area contributed by atoms with Gasteiger partial charge in [0.25, 0.3) is 0 Å². The summed E-state index contributed by atoms with van der Waals surface area (Å²) in [4.78, 5) is 13.4. The standard InChI is InChI=1S/C7H11NOS/c1-7-3-2-6(9)8(7)4-5-10-7/h2-5H2,1H3. The van der Waals surface area contributed by atoms with Crippen LogP contribution in [0.5, 0.6) is 0 Å². The maximum absolute atomic E-state index is 11.2. The van der Waals surface area contributed by atoms with E-state index < -0.39 is 0 Å². The number of hydrogen-bond acceptors (Lipinski definition) is 2. The number of rotatable bonds is 0. The van der Waals surface area contributed by atoms with Crippen LogP contribution in [0.1, 0.15) is 19.8 Å². The van der Waals surface area contributed by atoms with E-state index in [4.69, 9.17) is 0 Å². The summed E-state index contributed by atoms with van der Waals surface area (Å²) in [5, 5.41) is 0. The molecule has 0 aromatic carbocycles. The van der Waals surface area contributed by atoms with Crippen molar-refractivity contribution in [1.29, 1.82) is 0 Å². The first kappa shape index (κ1) is 6.53. The Morgan fingerprint density at radius 3 is 3.20 bits per heavy atom. The molecule has 10 heavy (non-hydrogen) atoms. The first-order valence-electron chi connectivity index (χ1n) is 3.67. The molecule has 1 amide bonds. The SMILES string of the molecule is CC12CCC(=O)N1CCS2. The largest absolute Gasteiger partial charge is 0.327 e. The maximum Gasteiger partial charge on any atom is 0.223 e. The van der Waals surface area contributed by atoms with Gasteiger partial charge in [0, 0.05) is 18.7 Å². The smallest absolute Gasteiger partial charge is 0.223 e. The number of carbonyl (C=O) groups excluding carboxylic acids is 1. The zero-order valence-electron chi connectivity index (χ0n) is 6.09. The highest BCUT2D eigenvalue weighted by Gasteiger charge is 2.45. The van der Waals surface area contributed by atoms with Gasteiger partial charge in [-0.2, -0.15) is 0 Å². The van der Waals surface area contributed by atoms with Crippen LogP contribution >= 0.6 is 11.8 Å². The summed E-state index contributed by atoms with van der Waals surface area (Å²) in [5.41, 5.74) is 0. The Kier molecular flexibility index (Phi) is 1.24. The molecular weight excluding hydrogens is 146 g/mol. The zero-order valence-corrected chi connectivity index (χ0v) is 6.91. The normalized spacial score (nSPS) is 38.9. The average molecular weight is 157 g/mol. The van der Waals surface area contributed by atoms with Gasteiger partial charge in [-0.15, -0.1) is 11.8 Å². The molecule has 56 valence electrons. The summed E-state index contributed by atoms with van der Waals surface area (Å²) in [6, 6.07) is 0. The number of nitrogens with zero attached hydrogens (tertiary/aromatic N) is 1. The Bertz CT molecular complexity index is 182. The lowest BCUT2D eigenvalue weighted by atomic mass is 10.2. The van der Waals surface area contributed by atoms with E-state index in [2.05, 4.69) is 6.92 Å². The molecule has 0 aromatic rings. The quantitative estimate of drug-likeness (QED) is 0.524. The second-order valence-corrected chi connectivity index (χ2v) is 4.65. The third kappa shape index (κ3) is 0.698. The van der Waals surface area contributed by atoms with Crippen molar-refractivity contribution in [1.82, 2.24) is 4.90 Å². The van der Waals surface area contributed by atoms with Gasteiger partial charge < -0.3 is 4.90 Å². The molecule has 2 saturated heterocycles. The number of thioether (sulfide) groups is 1. The third-order valence-electron chi connectivity index (χ3n) is 2.40. The summed E-state index contributed by atoms with van der Waals surface area (Å²) in [6.07, 6.45) is 1.82. The second-order valence-electron chi connectivity index (χ2n) is 3.07. The fourth-order valence-electron chi connectivity index (χ4n) is 1.74. The van der Waals surface area contributed by atoms with Gasteiger partial charge >= 0.3 is 0 Å². The zero-order chi connectivity index (χ0) is 7.19. The van der Waals surface area contributed by atoms with Crippen LogP contribution in [-0.2, 0) is 4.79 Å². The van der Waals surface area contributed by atoms with Crippen LogP contribution in [0, 0.1) is 0 Å². The average Bonchev–Trinajstić information content (AvgIpc) is 2.35. The van der Waals surface area contributed by atoms with E-state index in [9.17, 15) is 4.79 Å².